The molecule has 5 aromatic carbocycles. The molecule has 1 N–H and O–H groups in total. The Morgan fingerprint density at radius 3 is 1.91 bits per heavy atom. The highest BCUT2D eigenvalue weighted by Gasteiger charge is 2.50. The van der Waals surface area contributed by atoms with Crippen molar-refractivity contribution in [2.75, 3.05) is 6.61 Å². The van der Waals surface area contributed by atoms with Crippen LogP contribution in [0.1, 0.15) is 56.0 Å². The zero-order valence-corrected chi connectivity index (χ0v) is 28.8. The number of carbonyl (C=O) groups is 1. The number of aromatic nitrogens is 4. The topological polar surface area (TPSA) is 99.4 Å². The summed E-state index contributed by atoms with van der Waals surface area (Å²) in [6, 6.07) is 46.4. The van der Waals surface area contributed by atoms with Gasteiger partial charge in [-0.15, -0.1) is 0 Å². The van der Waals surface area contributed by atoms with Crippen molar-refractivity contribution in [3.63, 3.8) is 0 Å². The highest BCUT2D eigenvalue weighted by Crippen LogP contribution is 2.47. The molecular weight excluding hydrogens is 668 g/mol. The van der Waals surface area contributed by atoms with Gasteiger partial charge in [0.15, 0.2) is 18.0 Å². The van der Waals surface area contributed by atoms with Crippen LogP contribution in [0.2, 0.25) is 0 Å². The number of ether oxygens (including phenoxy) is 2. The minimum absolute atomic E-state index is 0.0100. The van der Waals surface area contributed by atoms with Crippen molar-refractivity contribution < 1.29 is 23.8 Å². The molecule has 53 heavy (non-hydrogen) atoms. The van der Waals surface area contributed by atoms with Crippen LogP contribution in [0.5, 0.6) is 0 Å². The molecular formula is C44H37FN4O4. The Hall–Kier alpha value is -6.03. The van der Waals surface area contributed by atoms with E-state index in [9.17, 15) is 9.90 Å². The van der Waals surface area contributed by atoms with Gasteiger partial charge in [-0.25, -0.2) is 24.1 Å². The summed E-state index contributed by atoms with van der Waals surface area (Å²) in [5.74, 6) is -2.14. The zero-order chi connectivity index (χ0) is 36.2. The fourth-order valence-corrected chi connectivity index (χ4v) is 7.59. The van der Waals surface area contributed by atoms with Gasteiger partial charge >= 0.3 is 5.97 Å². The third-order valence-electron chi connectivity index (χ3n) is 10.1. The van der Waals surface area contributed by atoms with E-state index in [2.05, 4.69) is 27.1 Å². The Kier molecular flexibility index (Phi) is 9.58. The van der Waals surface area contributed by atoms with Gasteiger partial charge in [0.05, 0.1) is 30.3 Å². The fourth-order valence-electron chi connectivity index (χ4n) is 7.59. The molecule has 1 fully saturated rings. The second kappa shape index (κ2) is 14.9. The molecule has 0 saturated carbocycles. The average molecular weight is 705 g/mol. The van der Waals surface area contributed by atoms with Gasteiger partial charge in [0.1, 0.15) is 17.4 Å². The van der Waals surface area contributed by atoms with Gasteiger partial charge < -0.3 is 14.6 Å². The molecule has 8 nitrogen and oxygen atoms in total. The lowest BCUT2D eigenvalue weighted by Crippen LogP contribution is -2.37. The molecule has 1 saturated heterocycles. The van der Waals surface area contributed by atoms with Crippen molar-refractivity contribution in [2.24, 2.45) is 0 Å². The van der Waals surface area contributed by atoms with Crippen LogP contribution in [0.4, 0.5) is 4.39 Å². The number of halogens is 1. The van der Waals surface area contributed by atoms with E-state index in [0.717, 1.165) is 28.8 Å². The van der Waals surface area contributed by atoms with E-state index >= 15 is 4.39 Å². The standard InChI is InChI=1S/C44H37FN4O4/c45-39-38(34-23-13-14-24-35(34)43(50)51)37(53-42(39)49-29-48-40-36(46-28-47-41(40)49)26-25-30-15-5-1-6-16-30)27-52-44(31-17-7-2-8-18-31,32-19-9-3-10-20-32)33-21-11-4-12-22-33/h1-24,28-29,37-39,42H,25-27H2,(H,50,51)/t37-,38+,39-,42+/m0/s1. The molecule has 3 heterocycles. The largest absolute Gasteiger partial charge is 0.478 e. The van der Waals surface area contributed by atoms with Gasteiger partial charge in [0, 0.05) is 5.92 Å². The molecule has 4 atom stereocenters. The summed E-state index contributed by atoms with van der Waals surface area (Å²) < 4.78 is 32.7. The van der Waals surface area contributed by atoms with Gasteiger partial charge in [-0.2, -0.15) is 0 Å². The highest BCUT2D eigenvalue weighted by molar-refractivity contribution is 5.89. The summed E-state index contributed by atoms with van der Waals surface area (Å²) in [7, 11) is 0. The number of carboxylic acid groups (broad SMARTS) is 1. The average Bonchev–Trinajstić information content (AvgIpc) is 3.79. The Balaban J connectivity index is 1.20. The van der Waals surface area contributed by atoms with Crippen LogP contribution in [0.25, 0.3) is 11.2 Å². The second-order valence-corrected chi connectivity index (χ2v) is 13.1. The van der Waals surface area contributed by atoms with Crippen molar-refractivity contribution in [2.45, 2.75) is 42.9 Å². The summed E-state index contributed by atoms with van der Waals surface area (Å²) in [5, 5.41) is 10.2. The first kappa shape index (κ1) is 34.1. The second-order valence-electron chi connectivity index (χ2n) is 13.1. The predicted octanol–water partition coefficient (Wildman–Crippen LogP) is 8.34. The van der Waals surface area contributed by atoms with E-state index in [4.69, 9.17) is 9.47 Å². The van der Waals surface area contributed by atoms with Crippen molar-refractivity contribution in [3.05, 3.63) is 197 Å². The molecule has 1 aliphatic heterocycles. The number of carboxylic acids is 1. The van der Waals surface area contributed by atoms with Crippen LogP contribution >= 0.6 is 0 Å². The van der Waals surface area contributed by atoms with Gasteiger partial charge in [-0.1, -0.05) is 140 Å². The molecule has 2 aromatic heterocycles. The molecule has 264 valence electrons. The van der Waals surface area contributed by atoms with Crippen LogP contribution in [0.3, 0.4) is 0 Å². The fraction of sp³-hybridized carbons (Fsp3) is 0.182. The molecule has 0 aliphatic carbocycles. The third-order valence-corrected chi connectivity index (χ3v) is 10.1. The number of hydrogen-bond donors (Lipinski definition) is 1. The number of nitrogens with zero attached hydrogens (tertiary/aromatic N) is 4. The molecule has 0 spiro atoms. The molecule has 0 radical (unpaired) electrons. The number of aromatic carboxylic acids is 1. The first-order valence-electron chi connectivity index (χ1n) is 17.7. The molecule has 9 heteroatoms. The smallest absolute Gasteiger partial charge is 0.335 e. The molecule has 7 aromatic rings. The van der Waals surface area contributed by atoms with Gasteiger partial charge in [-0.3, -0.25) is 4.57 Å². The highest BCUT2D eigenvalue weighted by atomic mass is 19.1. The van der Waals surface area contributed by atoms with E-state index in [1.165, 1.54) is 24.3 Å². The van der Waals surface area contributed by atoms with E-state index < -0.39 is 36.0 Å². The van der Waals surface area contributed by atoms with Crippen molar-refractivity contribution in [3.8, 4) is 0 Å². The van der Waals surface area contributed by atoms with Crippen LogP contribution in [-0.2, 0) is 27.9 Å². The summed E-state index contributed by atoms with van der Waals surface area (Å²) in [4.78, 5) is 26.2. The third kappa shape index (κ3) is 6.50. The minimum atomic E-state index is -1.68. The van der Waals surface area contributed by atoms with E-state index in [-0.39, 0.29) is 12.2 Å². The van der Waals surface area contributed by atoms with Crippen LogP contribution in [-0.4, -0.2) is 49.5 Å². The van der Waals surface area contributed by atoms with E-state index in [1.54, 1.807) is 22.8 Å². The number of fused-ring (bicyclic) bond motifs is 1. The van der Waals surface area contributed by atoms with Gasteiger partial charge in [-0.05, 0) is 46.7 Å². The quantitative estimate of drug-likeness (QED) is 0.128. The number of aryl methyl sites for hydroxylation is 2. The summed E-state index contributed by atoms with van der Waals surface area (Å²) in [6.07, 6.45) is 0.632. The summed E-state index contributed by atoms with van der Waals surface area (Å²) in [6.45, 7) is -0.0713. The first-order valence-corrected chi connectivity index (χ1v) is 17.7. The maximum absolute atomic E-state index is 17.3. The van der Waals surface area contributed by atoms with Crippen LogP contribution in [0, 0.1) is 0 Å². The van der Waals surface area contributed by atoms with E-state index in [0.29, 0.717) is 23.1 Å². The number of imidazole rings is 1. The Bertz CT molecular complexity index is 2210. The SMILES string of the molecule is O=C(O)c1ccccc1[C@H]1[C@H](F)[C@H](n2cnc3c(CCc4ccccc4)ncnc32)O[C@H]1COC(c1ccccc1)(c1ccccc1)c1ccccc1. The summed E-state index contributed by atoms with van der Waals surface area (Å²) >= 11 is 0. The van der Waals surface area contributed by atoms with Crippen LogP contribution < -0.4 is 0 Å². The number of benzene rings is 5. The molecule has 8 rings (SSSR count). The maximum atomic E-state index is 17.3. The minimum Gasteiger partial charge on any atom is -0.478 e. The maximum Gasteiger partial charge on any atom is 0.335 e. The zero-order valence-electron chi connectivity index (χ0n) is 28.8. The lowest BCUT2D eigenvalue weighted by atomic mass is 9.80. The number of alkyl halides is 1. The Morgan fingerprint density at radius 2 is 1.30 bits per heavy atom. The molecule has 1 aliphatic rings. The molecule has 0 unspecified atom stereocenters. The van der Waals surface area contributed by atoms with E-state index in [1.807, 2.05) is 109 Å². The normalized spacial score (nSPS) is 18.7. The van der Waals surface area contributed by atoms with Gasteiger partial charge in [0.2, 0.25) is 0 Å². The summed E-state index contributed by atoms with van der Waals surface area (Å²) in [5.41, 5.74) is 4.80. The Labute approximate surface area is 306 Å². The lowest BCUT2D eigenvalue weighted by Gasteiger charge is -2.37. The molecule has 0 bridgehead atoms. The van der Waals surface area contributed by atoms with Crippen molar-refractivity contribution in [1.29, 1.82) is 0 Å². The lowest BCUT2D eigenvalue weighted by molar-refractivity contribution is -0.0823. The number of hydrogen-bond acceptors (Lipinski definition) is 6. The monoisotopic (exact) mass is 704 g/mol. The predicted molar refractivity (Wildman–Crippen MR) is 199 cm³/mol. The first-order chi connectivity index (χ1) is 26.0. The van der Waals surface area contributed by atoms with Crippen molar-refractivity contribution in [1.82, 2.24) is 19.5 Å². The number of rotatable bonds is 12. The van der Waals surface area contributed by atoms with Gasteiger partial charge in [0.25, 0.3) is 0 Å². The van der Waals surface area contributed by atoms with Crippen molar-refractivity contribution >= 4 is 17.1 Å². The Morgan fingerprint density at radius 1 is 0.736 bits per heavy atom. The molecule has 0 amide bonds. The van der Waals surface area contributed by atoms with Crippen LogP contribution in [0.15, 0.2) is 158 Å².